The van der Waals surface area contributed by atoms with Gasteiger partial charge in [-0.05, 0) is 67.6 Å². The smallest absolute Gasteiger partial charge is 0.265 e. The molecule has 3 nitrogen and oxygen atoms in total. The van der Waals surface area contributed by atoms with Crippen molar-refractivity contribution < 1.29 is 9.53 Å². The predicted octanol–water partition coefficient (Wildman–Crippen LogP) is 5.49. The fourth-order valence-electron chi connectivity index (χ4n) is 2.43. The van der Waals surface area contributed by atoms with Gasteiger partial charge >= 0.3 is 0 Å². The van der Waals surface area contributed by atoms with E-state index in [-0.39, 0.29) is 5.91 Å². The van der Waals surface area contributed by atoms with Gasteiger partial charge in [-0.15, -0.1) is 0 Å². The standard InChI is InChI=1S/C20H24ClNO2/c1-12(2)16-6-8-17(9-7-16)22-20(23)15(5)24-18-10-13(3)19(21)14(4)11-18/h6-12,15H,1-5H3,(H,22,23). The van der Waals surface area contributed by atoms with Crippen LogP contribution in [-0.2, 0) is 4.79 Å². The first-order valence-corrected chi connectivity index (χ1v) is 8.50. The predicted molar refractivity (Wildman–Crippen MR) is 100 cm³/mol. The van der Waals surface area contributed by atoms with E-state index in [9.17, 15) is 4.79 Å². The third kappa shape index (κ3) is 4.51. The molecule has 0 spiro atoms. The Balaban J connectivity index is 2.02. The average molecular weight is 346 g/mol. The number of ether oxygens (including phenoxy) is 1. The van der Waals surface area contributed by atoms with Crippen molar-refractivity contribution in [3.8, 4) is 5.75 Å². The molecule has 0 aliphatic rings. The summed E-state index contributed by atoms with van der Waals surface area (Å²) in [5, 5.41) is 3.61. The van der Waals surface area contributed by atoms with Gasteiger partial charge in [0.2, 0.25) is 0 Å². The average Bonchev–Trinajstić information content (AvgIpc) is 2.52. The molecule has 2 aromatic carbocycles. The Morgan fingerprint density at radius 3 is 2.08 bits per heavy atom. The van der Waals surface area contributed by atoms with Crippen LogP contribution in [0.1, 0.15) is 43.4 Å². The lowest BCUT2D eigenvalue weighted by Gasteiger charge is -2.16. The maximum atomic E-state index is 12.3. The lowest BCUT2D eigenvalue weighted by atomic mass is 10.0. The van der Waals surface area contributed by atoms with Crippen LogP contribution in [0.15, 0.2) is 36.4 Å². The number of carbonyl (C=O) groups excluding carboxylic acids is 1. The summed E-state index contributed by atoms with van der Waals surface area (Å²) in [6.07, 6.45) is -0.602. The second-order valence-electron chi connectivity index (χ2n) is 6.40. The summed E-state index contributed by atoms with van der Waals surface area (Å²) in [6.45, 7) is 9.85. The number of anilines is 1. The summed E-state index contributed by atoms with van der Waals surface area (Å²) >= 11 is 6.16. The van der Waals surface area contributed by atoms with E-state index in [0.29, 0.717) is 11.7 Å². The molecule has 0 saturated heterocycles. The van der Waals surface area contributed by atoms with Crippen LogP contribution in [0.2, 0.25) is 5.02 Å². The molecule has 0 bridgehead atoms. The monoisotopic (exact) mass is 345 g/mol. The summed E-state index contributed by atoms with van der Waals surface area (Å²) in [5.41, 5.74) is 3.87. The van der Waals surface area contributed by atoms with Gasteiger partial charge in [-0.25, -0.2) is 0 Å². The van der Waals surface area contributed by atoms with Gasteiger partial charge in [-0.2, -0.15) is 0 Å². The number of amides is 1. The third-order valence-corrected chi connectivity index (χ3v) is 4.53. The lowest BCUT2D eigenvalue weighted by molar-refractivity contribution is -0.122. The highest BCUT2D eigenvalue weighted by atomic mass is 35.5. The molecule has 24 heavy (non-hydrogen) atoms. The number of halogens is 1. The van der Waals surface area contributed by atoms with Gasteiger partial charge in [-0.3, -0.25) is 4.79 Å². The number of aryl methyl sites for hydroxylation is 2. The van der Waals surface area contributed by atoms with Crippen molar-refractivity contribution in [3.63, 3.8) is 0 Å². The van der Waals surface area contributed by atoms with Gasteiger partial charge in [0.1, 0.15) is 5.75 Å². The largest absolute Gasteiger partial charge is 0.481 e. The zero-order valence-electron chi connectivity index (χ0n) is 14.8. The topological polar surface area (TPSA) is 38.3 Å². The van der Waals surface area contributed by atoms with Crippen LogP contribution in [0.4, 0.5) is 5.69 Å². The molecule has 0 heterocycles. The molecule has 1 N–H and O–H groups in total. The summed E-state index contributed by atoms with van der Waals surface area (Å²) < 4.78 is 5.76. The molecule has 0 fully saturated rings. The minimum Gasteiger partial charge on any atom is -0.481 e. The van der Waals surface area contributed by atoms with E-state index in [2.05, 4.69) is 19.2 Å². The Hall–Kier alpha value is -2.00. The lowest BCUT2D eigenvalue weighted by Crippen LogP contribution is -2.30. The SMILES string of the molecule is Cc1cc(OC(C)C(=O)Nc2ccc(C(C)C)cc2)cc(C)c1Cl. The summed E-state index contributed by atoms with van der Waals surface area (Å²) in [4.78, 5) is 12.3. The number of hydrogen-bond donors (Lipinski definition) is 1. The van der Waals surface area contributed by atoms with E-state index < -0.39 is 6.10 Å². The molecule has 2 rings (SSSR count). The van der Waals surface area contributed by atoms with Gasteiger partial charge in [-0.1, -0.05) is 37.6 Å². The number of nitrogens with one attached hydrogen (secondary N) is 1. The first-order chi connectivity index (χ1) is 11.3. The Morgan fingerprint density at radius 1 is 1.04 bits per heavy atom. The van der Waals surface area contributed by atoms with Crippen LogP contribution in [0.25, 0.3) is 0 Å². The molecule has 128 valence electrons. The number of benzene rings is 2. The minimum absolute atomic E-state index is 0.183. The normalized spacial score (nSPS) is 12.1. The first kappa shape index (κ1) is 18.3. The number of hydrogen-bond acceptors (Lipinski definition) is 2. The summed E-state index contributed by atoms with van der Waals surface area (Å²) in [5.74, 6) is 0.929. The highest BCUT2D eigenvalue weighted by Gasteiger charge is 2.16. The molecule has 2 aromatic rings. The van der Waals surface area contributed by atoms with Crippen molar-refractivity contribution in [3.05, 3.63) is 58.1 Å². The highest BCUT2D eigenvalue weighted by molar-refractivity contribution is 6.32. The fourth-order valence-corrected chi connectivity index (χ4v) is 2.54. The van der Waals surface area contributed by atoms with E-state index >= 15 is 0 Å². The molecule has 0 aliphatic heterocycles. The van der Waals surface area contributed by atoms with Gasteiger partial charge in [0, 0.05) is 10.7 Å². The molecular formula is C20H24ClNO2. The van der Waals surface area contributed by atoms with Gasteiger partial charge in [0.05, 0.1) is 0 Å². The second-order valence-corrected chi connectivity index (χ2v) is 6.78. The van der Waals surface area contributed by atoms with Crippen molar-refractivity contribution >= 4 is 23.2 Å². The Kier molecular flexibility index (Phi) is 5.89. The van der Waals surface area contributed by atoms with Gasteiger partial charge in [0.25, 0.3) is 5.91 Å². The van der Waals surface area contributed by atoms with Gasteiger partial charge in [0.15, 0.2) is 6.10 Å². The van der Waals surface area contributed by atoms with E-state index in [4.69, 9.17) is 16.3 Å². The highest BCUT2D eigenvalue weighted by Crippen LogP contribution is 2.26. The fraction of sp³-hybridized carbons (Fsp3) is 0.350. The van der Waals surface area contributed by atoms with Crippen LogP contribution in [0, 0.1) is 13.8 Å². The number of rotatable bonds is 5. The van der Waals surface area contributed by atoms with Crippen molar-refractivity contribution in [2.24, 2.45) is 0 Å². The molecule has 1 unspecified atom stereocenters. The third-order valence-electron chi connectivity index (χ3n) is 3.94. The molecule has 1 amide bonds. The summed E-state index contributed by atoms with van der Waals surface area (Å²) in [7, 11) is 0. The second kappa shape index (κ2) is 7.71. The Bertz CT molecular complexity index is 700. The first-order valence-electron chi connectivity index (χ1n) is 8.12. The maximum Gasteiger partial charge on any atom is 0.265 e. The Labute approximate surface area is 149 Å². The van der Waals surface area contributed by atoms with Crippen LogP contribution in [-0.4, -0.2) is 12.0 Å². The number of carbonyl (C=O) groups is 1. The van der Waals surface area contributed by atoms with E-state index in [1.807, 2.05) is 50.2 Å². The Morgan fingerprint density at radius 2 is 1.58 bits per heavy atom. The van der Waals surface area contributed by atoms with E-state index in [1.165, 1.54) is 5.56 Å². The van der Waals surface area contributed by atoms with Crippen LogP contribution < -0.4 is 10.1 Å². The summed E-state index contributed by atoms with van der Waals surface area (Å²) in [6, 6.07) is 11.6. The molecule has 0 aromatic heterocycles. The van der Waals surface area contributed by atoms with E-state index in [1.54, 1.807) is 6.92 Å². The molecule has 4 heteroatoms. The maximum absolute atomic E-state index is 12.3. The van der Waals surface area contributed by atoms with Crippen molar-refractivity contribution in [1.29, 1.82) is 0 Å². The van der Waals surface area contributed by atoms with Crippen molar-refractivity contribution in [1.82, 2.24) is 0 Å². The van der Waals surface area contributed by atoms with Crippen molar-refractivity contribution in [2.75, 3.05) is 5.32 Å². The quantitative estimate of drug-likeness (QED) is 0.778. The minimum atomic E-state index is -0.602. The van der Waals surface area contributed by atoms with Crippen LogP contribution in [0.5, 0.6) is 5.75 Å². The van der Waals surface area contributed by atoms with Crippen LogP contribution >= 0.6 is 11.6 Å². The molecule has 0 saturated carbocycles. The molecule has 0 radical (unpaired) electrons. The molecular weight excluding hydrogens is 322 g/mol. The van der Waals surface area contributed by atoms with Crippen LogP contribution in [0.3, 0.4) is 0 Å². The zero-order chi connectivity index (χ0) is 17.9. The van der Waals surface area contributed by atoms with E-state index in [0.717, 1.165) is 21.8 Å². The molecule has 0 aliphatic carbocycles. The van der Waals surface area contributed by atoms with Crippen molar-refractivity contribution in [2.45, 2.75) is 46.6 Å². The molecule has 1 atom stereocenters. The zero-order valence-corrected chi connectivity index (χ0v) is 15.6. The van der Waals surface area contributed by atoms with Gasteiger partial charge < -0.3 is 10.1 Å².